The summed E-state index contributed by atoms with van der Waals surface area (Å²) >= 11 is 3.49. The van der Waals surface area contributed by atoms with Gasteiger partial charge in [0.2, 0.25) is 11.8 Å². The van der Waals surface area contributed by atoms with Gasteiger partial charge in [0.1, 0.15) is 0 Å². The molecule has 1 N–H and O–H groups in total. The van der Waals surface area contributed by atoms with Crippen LogP contribution < -0.4 is 14.8 Å². The van der Waals surface area contributed by atoms with Crippen molar-refractivity contribution in [3.63, 3.8) is 0 Å². The standard InChI is InChI=1S/C34H40BrN3O4.ClH/c1-41-30-13-10-26(22-31(30)42-2)23-32(39)36-29(27-6-4-3-5-7-27)14-18-37-19-15-34(16-20-37)17-21-38(33(34)40)24-25-8-11-28(35)12-9-25;/h3-13,22,29H,14-21,23-24H2,1-2H3,(H,36,39);1H. The quantitative estimate of drug-likeness (QED) is 0.264. The molecular weight excluding hydrogens is 630 g/mol. The van der Waals surface area contributed by atoms with Crippen molar-refractivity contribution < 1.29 is 19.1 Å². The van der Waals surface area contributed by atoms with Crippen LogP contribution in [0.1, 0.15) is 48.4 Å². The predicted molar refractivity (Wildman–Crippen MR) is 175 cm³/mol. The molecule has 3 aromatic rings. The van der Waals surface area contributed by atoms with Gasteiger partial charge in [0.25, 0.3) is 0 Å². The second-order valence-corrected chi connectivity index (χ2v) is 12.3. The van der Waals surface area contributed by atoms with Crippen LogP contribution in [-0.4, -0.2) is 62.0 Å². The third-order valence-corrected chi connectivity index (χ3v) is 9.31. The monoisotopic (exact) mass is 669 g/mol. The summed E-state index contributed by atoms with van der Waals surface area (Å²) in [4.78, 5) is 31.1. The van der Waals surface area contributed by atoms with Crippen LogP contribution in [0.2, 0.25) is 0 Å². The molecular formula is C34H41BrClN3O4. The van der Waals surface area contributed by atoms with Crippen molar-refractivity contribution in [2.24, 2.45) is 5.41 Å². The van der Waals surface area contributed by atoms with Gasteiger partial charge in [0, 0.05) is 24.1 Å². The average molecular weight is 671 g/mol. The first kappa shape index (κ1) is 32.8. The fourth-order valence-corrected chi connectivity index (χ4v) is 6.53. The zero-order valence-corrected chi connectivity index (χ0v) is 27.3. The van der Waals surface area contributed by atoms with Crippen molar-refractivity contribution in [2.75, 3.05) is 40.4 Å². The maximum atomic E-state index is 13.5. The minimum atomic E-state index is -0.224. The highest BCUT2D eigenvalue weighted by atomic mass is 79.9. The number of piperidine rings is 1. The Bertz CT molecular complexity index is 1360. The van der Waals surface area contributed by atoms with Crippen LogP contribution >= 0.6 is 28.3 Å². The number of amides is 2. The van der Waals surface area contributed by atoms with E-state index < -0.39 is 0 Å². The van der Waals surface area contributed by atoms with Gasteiger partial charge in [-0.05, 0) is 79.7 Å². The average Bonchev–Trinajstić information content (AvgIpc) is 3.31. The molecule has 0 radical (unpaired) electrons. The second-order valence-electron chi connectivity index (χ2n) is 11.4. The van der Waals surface area contributed by atoms with Crippen LogP contribution in [0.5, 0.6) is 11.5 Å². The Morgan fingerprint density at radius 3 is 2.23 bits per heavy atom. The summed E-state index contributed by atoms with van der Waals surface area (Å²) in [5, 5.41) is 3.27. The molecule has 2 heterocycles. The third kappa shape index (κ3) is 8.11. The van der Waals surface area contributed by atoms with Gasteiger partial charge in [-0.1, -0.05) is 64.5 Å². The number of nitrogens with one attached hydrogen (secondary N) is 1. The lowest BCUT2D eigenvalue weighted by Crippen LogP contribution is -2.45. The van der Waals surface area contributed by atoms with Gasteiger partial charge in [-0.15, -0.1) is 12.4 Å². The first-order valence-corrected chi connectivity index (χ1v) is 15.5. The van der Waals surface area contributed by atoms with E-state index >= 15 is 0 Å². The summed E-state index contributed by atoms with van der Waals surface area (Å²) in [5.41, 5.74) is 2.91. The van der Waals surface area contributed by atoms with E-state index in [-0.39, 0.29) is 36.2 Å². The zero-order chi connectivity index (χ0) is 29.5. The minimum Gasteiger partial charge on any atom is -0.493 e. The van der Waals surface area contributed by atoms with Gasteiger partial charge in [-0.25, -0.2) is 0 Å². The summed E-state index contributed by atoms with van der Waals surface area (Å²) in [6, 6.07) is 23.9. The molecule has 7 nitrogen and oxygen atoms in total. The number of rotatable bonds is 11. The molecule has 1 spiro atoms. The smallest absolute Gasteiger partial charge is 0.229 e. The number of methoxy groups -OCH3 is 2. The largest absolute Gasteiger partial charge is 0.493 e. The number of carbonyl (C=O) groups excluding carboxylic acids is 2. The normalized spacial score (nSPS) is 16.9. The molecule has 2 saturated heterocycles. The van der Waals surface area contributed by atoms with Gasteiger partial charge in [0.15, 0.2) is 11.5 Å². The Morgan fingerprint density at radius 2 is 1.56 bits per heavy atom. The van der Waals surface area contributed by atoms with Crippen LogP contribution in [0.25, 0.3) is 0 Å². The molecule has 3 aromatic carbocycles. The molecule has 0 aliphatic carbocycles. The SMILES string of the molecule is COc1ccc(CC(=O)NC(CCN2CCC3(CC2)CCN(Cc2ccc(Br)cc2)C3=O)c2ccccc2)cc1OC.Cl. The van der Waals surface area contributed by atoms with Crippen molar-refractivity contribution in [2.45, 2.75) is 44.7 Å². The fourth-order valence-electron chi connectivity index (χ4n) is 6.26. The van der Waals surface area contributed by atoms with Gasteiger partial charge in [-0.2, -0.15) is 0 Å². The summed E-state index contributed by atoms with van der Waals surface area (Å²) in [7, 11) is 3.20. The Kier molecular flexibility index (Phi) is 11.5. The van der Waals surface area contributed by atoms with Crippen LogP contribution in [0, 0.1) is 5.41 Å². The maximum absolute atomic E-state index is 13.5. The third-order valence-electron chi connectivity index (χ3n) is 8.78. The van der Waals surface area contributed by atoms with Crippen molar-refractivity contribution >= 4 is 40.2 Å². The molecule has 2 amide bonds. The van der Waals surface area contributed by atoms with Crippen molar-refractivity contribution in [3.8, 4) is 11.5 Å². The van der Waals surface area contributed by atoms with Crippen LogP contribution in [0.4, 0.5) is 0 Å². The number of ether oxygens (including phenoxy) is 2. The number of hydrogen-bond acceptors (Lipinski definition) is 5. The van der Waals surface area contributed by atoms with E-state index in [0.29, 0.717) is 24.0 Å². The molecule has 0 saturated carbocycles. The first-order chi connectivity index (χ1) is 20.4. The summed E-state index contributed by atoms with van der Waals surface area (Å²) in [6.07, 6.45) is 3.79. The molecule has 2 aliphatic heterocycles. The van der Waals surface area contributed by atoms with E-state index in [1.807, 2.05) is 53.4 Å². The molecule has 1 unspecified atom stereocenters. The summed E-state index contributed by atoms with van der Waals surface area (Å²) in [5.74, 6) is 1.54. The molecule has 0 aromatic heterocycles. The Labute approximate surface area is 269 Å². The molecule has 230 valence electrons. The zero-order valence-electron chi connectivity index (χ0n) is 24.9. The number of benzene rings is 3. The molecule has 0 bridgehead atoms. The van der Waals surface area contributed by atoms with Crippen LogP contribution in [0.15, 0.2) is 77.3 Å². The number of carbonyl (C=O) groups is 2. The second kappa shape index (κ2) is 15.1. The fraction of sp³-hybridized carbons (Fsp3) is 0.412. The lowest BCUT2D eigenvalue weighted by molar-refractivity contribution is -0.139. The van der Waals surface area contributed by atoms with E-state index in [1.54, 1.807) is 14.2 Å². The molecule has 1 atom stereocenters. The van der Waals surface area contributed by atoms with E-state index in [1.165, 1.54) is 5.56 Å². The van der Waals surface area contributed by atoms with Gasteiger partial charge >= 0.3 is 0 Å². The van der Waals surface area contributed by atoms with Crippen molar-refractivity contribution in [1.82, 2.24) is 15.1 Å². The van der Waals surface area contributed by atoms with E-state index in [9.17, 15) is 9.59 Å². The Morgan fingerprint density at radius 1 is 0.907 bits per heavy atom. The summed E-state index contributed by atoms with van der Waals surface area (Å²) in [6.45, 7) is 4.18. The number of hydrogen-bond donors (Lipinski definition) is 1. The maximum Gasteiger partial charge on any atom is 0.229 e. The predicted octanol–water partition coefficient (Wildman–Crippen LogP) is 6.19. The lowest BCUT2D eigenvalue weighted by Gasteiger charge is -2.38. The van der Waals surface area contributed by atoms with Crippen LogP contribution in [-0.2, 0) is 22.6 Å². The number of likely N-dealkylation sites (tertiary alicyclic amines) is 2. The van der Waals surface area contributed by atoms with E-state index in [0.717, 1.165) is 67.5 Å². The van der Waals surface area contributed by atoms with Crippen molar-refractivity contribution in [3.05, 3.63) is 94.0 Å². The highest BCUT2D eigenvalue weighted by Crippen LogP contribution is 2.42. The molecule has 2 aliphatic rings. The lowest BCUT2D eigenvalue weighted by atomic mass is 9.77. The van der Waals surface area contributed by atoms with Gasteiger partial charge in [-0.3, -0.25) is 9.59 Å². The minimum absolute atomic E-state index is 0. The molecule has 5 rings (SSSR count). The first-order valence-electron chi connectivity index (χ1n) is 14.7. The number of halogens is 2. The Hall–Kier alpha value is -3.07. The highest BCUT2D eigenvalue weighted by molar-refractivity contribution is 9.10. The van der Waals surface area contributed by atoms with E-state index in [2.05, 4.69) is 50.4 Å². The van der Waals surface area contributed by atoms with Gasteiger partial charge < -0.3 is 24.6 Å². The Balaban J connectivity index is 0.00000423. The van der Waals surface area contributed by atoms with Crippen molar-refractivity contribution in [1.29, 1.82) is 0 Å². The number of nitrogens with zero attached hydrogens (tertiary/aromatic N) is 2. The topological polar surface area (TPSA) is 71.1 Å². The van der Waals surface area contributed by atoms with Crippen LogP contribution in [0.3, 0.4) is 0 Å². The van der Waals surface area contributed by atoms with E-state index in [4.69, 9.17) is 9.47 Å². The van der Waals surface area contributed by atoms with Gasteiger partial charge in [0.05, 0.1) is 32.1 Å². The molecule has 2 fully saturated rings. The molecule has 43 heavy (non-hydrogen) atoms. The molecule has 9 heteroatoms. The highest BCUT2D eigenvalue weighted by Gasteiger charge is 2.47. The summed E-state index contributed by atoms with van der Waals surface area (Å²) < 4.78 is 11.8.